The van der Waals surface area contributed by atoms with Gasteiger partial charge in [-0.2, -0.15) is 5.10 Å². The first-order chi connectivity index (χ1) is 15.6. The first-order valence-corrected chi connectivity index (χ1v) is 10.6. The standard InChI is InChI=1S/C27H20N4O/c1-16-12-13-22(17(2)14-16)31-26-20(15-28-31)25-24(27(32)30-26)23(18-8-4-3-5-9-18)19-10-6-7-11-21(19)29-25/h3-15H,1-2H3,(H,30,32). The lowest BCUT2D eigenvalue weighted by Gasteiger charge is -2.12. The van der Waals surface area contributed by atoms with E-state index in [1.807, 2.05) is 73.7 Å². The molecule has 0 atom stereocenters. The molecule has 0 bridgehead atoms. The minimum Gasteiger partial charge on any atom is -0.306 e. The number of nitrogens with one attached hydrogen (secondary N) is 1. The van der Waals surface area contributed by atoms with E-state index >= 15 is 0 Å². The number of hydrogen-bond donors (Lipinski definition) is 1. The molecular formula is C27H20N4O. The number of hydrogen-bond acceptors (Lipinski definition) is 3. The molecule has 0 unspecified atom stereocenters. The molecule has 0 saturated heterocycles. The molecule has 0 radical (unpaired) electrons. The van der Waals surface area contributed by atoms with Crippen LogP contribution in [0.3, 0.4) is 0 Å². The minimum atomic E-state index is -0.170. The summed E-state index contributed by atoms with van der Waals surface area (Å²) in [6.07, 6.45) is 1.80. The highest BCUT2D eigenvalue weighted by molar-refractivity contribution is 6.15. The van der Waals surface area contributed by atoms with Gasteiger partial charge >= 0.3 is 0 Å². The number of rotatable bonds is 2. The van der Waals surface area contributed by atoms with Crippen molar-refractivity contribution in [3.05, 3.63) is 100 Å². The van der Waals surface area contributed by atoms with Crippen LogP contribution in [0, 0.1) is 13.8 Å². The number of fused-ring (bicyclic) bond motifs is 4. The van der Waals surface area contributed by atoms with Gasteiger partial charge in [0, 0.05) is 10.9 Å². The lowest BCUT2D eigenvalue weighted by atomic mass is 9.96. The van der Waals surface area contributed by atoms with Gasteiger partial charge in [-0.05, 0) is 37.1 Å². The smallest absolute Gasteiger partial charge is 0.259 e. The van der Waals surface area contributed by atoms with Crippen molar-refractivity contribution in [2.24, 2.45) is 0 Å². The maximum atomic E-state index is 13.5. The van der Waals surface area contributed by atoms with Crippen molar-refractivity contribution in [3.63, 3.8) is 0 Å². The SMILES string of the molecule is Cc1ccc(-n2ncc3c4nc5ccccc5c(-c5ccccc5)c4c(=O)[nH]c32)c(C)c1. The van der Waals surface area contributed by atoms with Crippen LogP contribution in [-0.2, 0) is 0 Å². The Hall–Kier alpha value is -4.25. The highest BCUT2D eigenvalue weighted by Crippen LogP contribution is 2.35. The predicted molar refractivity (Wildman–Crippen MR) is 129 cm³/mol. The van der Waals surface area contributed by atoms with E-state index < -0.39 is 0 Å². The molecule has 3 aromatic heterocycles. The molecule has 5 nitrogen and oxygen atoms in total. The number of H-pyrrole nitrogens is 1. The molecular weight excluding hydrogens is 396 g/mol. The predicted octanol–water partition coefficient (Wildman–Crippen LogP) is 5.70. The van der Waals surface area contributed by atoms with Crippen molar-refractivity contribution in [1.29, 1.82) is 0 Å². The lowest BCUT2D eigenvalue weighted by Crippen LogP contribution is -2.11. The molecule has 6 aromatic rings. The molecule has 154 valence electrons. The van der Waals surface area contributed by atoms with Gasteiger partial charge in [-0.1, -0.05) is 66.2 Å². The van der Waals surface area contributed by atoms with Gasteiger partial charge in [-0.25, -0.2) is 9.67 Å². The molecule has 0 amide bonds. The number of aromatic nitrogens is 4. The van der Waals surface area contributed by atoms with Crippen LogP contribution in [0.1, 0.15) is 11.1 Å². The molecule has 0 saturated carbocycles. The zero-order valence-corrected chi connectivity index (χ0v) is 17.8. The third-order valence-electron chi connectivity index (χ3n) is 6.02. The monoisotopic (exact) mass is 416 g/mol. The van der Waals surface area contributed by atoms with Gasteiger partial charge in [0.1, 0.15) is 5.65 Å². The highest BCUT2D eigenvalue weighted by atomic mass is 16.1. The number of benzene rings is 3. The molecule has 0 aliphatic heterocycles. The summed E-state index contributed by atoms with van der Waals surface area (Å²) >= 11 is 0. The average Bonchev–Trinajstić information content (AvgIpc) is 3.22. The van der Waals surface area contributed by atoms with E-state index in [0.29, 0.717) is 16.6 Å². The lowest BCUT2D eigenvalue weighted by molar-refractivity contribution is 0.886. The van der Waals surface area contributed by atoms with Gasteiger partial charge in [-0.15, -0.1) is 0 Å². The first kappa shape index (κ1) is 18.5. The Bertz CT molecular complexity index is 1710. The van der Waals surface area contributed by atoms with Crippen LogP contribution in [0.4, 0.5) is 0 Å². The first-order valence-electron chi connectivity index (χ1n) is 10.6. The van der Waals surface area contributed by atoms with E-state index in [1.165, 1.54) is 5.56 Å². The van der Waals surface area contributed by atoms with Gasteiger partial charge in [0.05, 0.1) is 33.7 Å². The van der Waals surface area contributed by atoms with Crippen molar-refractivity contribution in [3.8, 4) is 16.8 Å². The van der Waals surface area contributed by atoms with Crippen molar-refractivity contribution < 1.29 is 0 Å². The fraction of sp³-hybridized carbons (Fsp3) is 0.0741. The van der Waals surface area contributed by atoms with Crippen molar-refractivity contribution in [2.45, 2.75) is 13.8 Å². The van der Waals surface area contributed by atoms with Gasteiger partial charge in [0.2, 0.25) is 0 Å². The minimum absolute atomic E-state index is 0.170. The largest absolute Gasteiger partial charge is 0.306 e. The molecule has 6 rings (SSSR count). The number of aromatic amines is 1. The number of para-hydroxylation sites is 1. The zero-order chi connectivity index (χ0) is 21.8. The third kappa shape index (κ3) is 2.68. The Kier molecular flexibility index (Phi) is 3.98. The zero-order valence-electron chi connectivity index (χ0n) is 17.8. The quantitative estimate of drug-likeness (QED) is 0.368. The van der Waals surface area contributed by atoms with Crippen LogP contribution in [0.5, 0.6) is 0 Å². The van der Waals surface area contributed by atoms with Crippen LogP contribution in [0.25, 0.3) is 49.7 Å². The molecule has 0 fully saturated rings. The van der Waals surface area contributed by atoms with E-state index in [9.17, 15) is 4.79 Å². The average molecular weight is 416 g/mol. The fourth-order valence-electron chi connectivity index (χ4n) is 4.57. The summed E-state index contributed by atoms with van der Waals surface area (Å²) in [4.78, 5) is 21.5. The normalized spacial score (nSPS) is 11.6. The second-order valence-electron chi connectivity index (χ2n) is 8.16. The van der Waals surface area contributed by atoms with E-state index in [-0.39, 0.29) is 5.56 Å². The maximum absolute atomic E-state index is 13.5. The van der Waals surface area contributed by atoms with E-state index in [2.05, 4.69) is 23.1 Å². The van der Waals surface area contributed by atoms with Crippen LogP contribution in [0.2, 0.25) is 0 Å². The van der Waals surface area contributed by atoms with E-state index in [4.69, 9.17) is 4.98 Å². The Morgan fingerprint density at radius 3 is 2.47 bits per heavy atom. The summed E-state index contributed by atoms with van der Waals surface area (Å²) in [5.74, 6) is 0. The number of aryl methyl sites for hydroxylation is 2. The molecule has 5 heteroatoms. The fourth-order valence-corrected chi connectivity index (χ4v) is 4.57. The molecule has 1 N–H and O–H groups in total. The highest BCUT2D eigenvalue weighted by Gasteiger charge is 2.19. The number of pyridine rings is 2. The Morgan fingerprint density at radius 2 is 1.66 bits per heavy atom. The molecule has 32 heavy (non-hydrogen) atoms. The Labute approximate surface area is 184 Å². The summed E-state index contributed by atoms with van der Waals surface area (Å²) in [7, 11) is 0. The Morgan fingerprint density at radius 1 is 0.875 bits per heavy atom. The topological polar surface area (TPSA) is 63.6 Å². The van der Waals surface area contributed by atoms with E-state index in [1.54, 1.807) is 10.9 Å². The molecule has 3 aromatic carbocycles. The van der Waals surface area contributed by atoms with E-state index in [0.717, 1.165) is 38.7 Å². The van der Waals surface area contributed by atoms with Gasteiger partial charge < -0.3 is 4.98 Å². The molecule has 0 aliphatic carbocycles. The second kappa shape index (κ2) is 6.89. The maximum Gasteiger partial charge on any atom is 0.259 e. The van der Waals surface area contributed by atoms with Gasteiger partial charge in [-0.3, -0.25) is 4.79 Å². The van der Waals surface area contributed by atoms with Crippen LogP contribution >= 0.6 is 0 Å². The van der Waals surface area contributed by atoms with Crippen LogP contribution in [0.15, 0.2) is 83.8 Å². The summed E-state index contributed by atoms with van der Waals surface area (Å²) in [5, 5.41) is 7.00. The van der Waals surface area contributed by atoms with Crippen molar-refractivity contribution in [2.75, 3.05) is 0 Å². The van der Waals surface area contributed by atoms with Gasteiger partial charge in [0.15, 0.2) is 0 Å². The van der Waals surface area contributed by atoms with Crippen molar-refractivity contribution >= 4 is 32.8 Å². The summed E-state index contributed by atoms with van der Waals surface area (Å²) in [5.41, 5.74) is 7.09. The molecule has 0 aliphatic rings. The molecule has 0 spiro atoms. The van der Waals surface area contributed by atoms with Gasteiger partial charge in [0.25, 0.3) is 5.56 Å². The molecule has 3 heterocycles. The van der Waals surface area contributed by atoms with Crippen LogP contribution in [-0.4, -0.2) is 19.7 Å². The third-order valence-corrected chi connectivity index (χ3v) is 6.02. The second-order valence-corrected chi connectivity index (χ2v) is 8.16. The number of nitrogens with zero attached hydrogens (tertiary/aromatic N) is 3. The van der Waals surface area contributed by atoms with Crippen LogP contribution < -0.4 is 5.56 Å². The Balaban J connectivity index is 1.77. The van der Waals surface area contributed by atoms with Crippen molar-refractivity contribution in [1.82, 2.24) is 19.7 Å². The summed E-state index contributed by atoms with van der Waals surface area (Å²) in [6.45, 7) is 4.11. The summed E-state index contributed by atoms with van der Waals surface area (Å²) in [6, 6.07) is 24.2. The summed E-state index contributed by atoms with van der Waals surface area (Å²) < 4.78 is 1.80.